The van der Waals surface area contributed by atoms with Crippen molar-refractivity contribution < 1.29 is 9.47 Å². The highest BCUT2D eigenvalue weighted by molar-refractivity contribution is 5.41. The van der Waals surface area contributed by atoms with Gasteiger partial charge in [0.25, 0.3) is 0 Å². The van der Waals surface area contributed by atoms with Crippen LogP contribution in [0.3, 0.4) is 0 Å². The third-order valence-electron chi connectivity index (χ3n) is 2.11. The molecular weight excluding hydrogens is 232 g/mol. The Hall–Kier alpha value is -2.50. The van der Waals surface area contributed by atoms with Gasteiger partial charge in [-0.25, -0.2) is 9.97 Å². The topological polar surface area (TPSA) is 96.3 Å². The monoisotopic (exact) mass is 246 g/mol. The first-order valence-electron chi connectivity index (χ1n) is 5.43. The Balaban J connectivity index is 1.73. The van der Waals surface area contributed by atoms with E-state index in [4.69, 9.17) is 20.9 Å². The van der Waals surface area contributed by atoms with Crippen LogP contribution in [0.4, 0.5) is 11.4 Å². The predicted molar refractivity (Wildman–Crippen MR) is 68.3 cm³/mol. The van der Waals surface area contributed by atoms with Gasteiger partial charge >= 0.3 is 6.01 Å². The van der Waals surface area contributed by atoms with Crippen molar-refractivity contribution in [2.45, 2.75) is 0 Å². The molecule has 0 saturated heterocycles. The molecule has 1 heterocycles. The van der Waals surface area contributed by atoms with Crippen molar-refractivity contribution in [2.75, 3.05) is 24.7 Å². The number of aromatic nitrogens is 2. The molecule has 18 heavy (non-hydrogen) atoms. The van der Waals surface area contributed by atoms with Gasteiger partial charge in [0, 0.05) is 5.69 Å². The molecular formula is C12H14N4O2. The molecule has 0 amide bonds. The van der Waals surface area contributed by atoms with Crippen LogP contribution in [-0.2, 0) is 0 Å². The zero-order valence-electron chi connectivity index (χ0n) is 9.74. The first kappa shape index (κ1) is 12.0. The molecule has 6 heteroatoms. The zero-order valence-corrected chi connectivity index (χ0v) is 9.74. The van der Waals surface area contributed by atoms with E-state index in [1.54, 1.807) is 24.3 Å². The van der Waals surface area contributed by atoms with Crippen LogP contribution in [0.25, 0.3) is 0 Å². The summed E-state index contributed by atoms with van der Waals surface area (Å²) in [7, 11) is 0. The molecule has 2 aromatic rings. The van der Waals surface area contributed by atoms with Crippen molar-refractivity contribution in [1.82, 2.24) is 9.97 Å². The fourth-order valence-corrected chi connectivity index (χ4v) is 1.26. The lowest BCUT2D eigenvalue weighted by molar-refractivity contribution is 0.206. The number of nitrogens with two attached hydrogens (primary N) is 2. The molecule has 0 aliphatic heterocycles. The van der Waals surface area contributed by atoms with Gasteiger partial charge in [0.05, 0.1) is 18.1 Å². The molecule has 0 spiro atoms. The Kier molecular flexibility index (Phi) is 3.80. The Morgan fingerprint density at radius 3 is 2.11 bits per heavy atom. The lowest BCUT2D eigenvalue weighted by Gasteiger charge is -2.07. The molecule has 0 radical (unpaired) electrons. The van der Waals surface area contributed by atoms with Crippen LogP contribution < -0.4 is 20.9 Å². The zero-order chi connectivity index (χ0) is 12.8. The van der Waals surface area contributed by atoms with E-state index >= 15 is 0 Å². The molecule has 0 aliphatic rings. The van der Waals surface area contributed by atoms with Gasteiger partial charge in [-0.15, -0.1) is 0 Å². The summed E-state index contributed by atoms with van der Waals surface area (Å²) >= 11 is 0. The third kappa shape index (κ3) is 3.51. The Bertz CT molecular complexity index is 437. The van der Waals surface area contributed by atoms with E-state index in [9.17, 15) is 0 Å². The summed E-state index contributed by atoms with van der Waals surface area (Å²) in [5.41, 5.74) is 12.2. The number of hydrogen-bond donors (Lipinski definition) is 2. The minimum atomic E-state index is 0.283. The molecule has 94 valence electrons. The van der Waals surface area contributed by atoms with Crippen LogP contribution in [0.5, 0.6) is 11.8 Å². The van der Waals surface area contributed by atoms with E-state index in [0.717, 1.165) is 5.75 Å². The summed E-state index contributed by atoms with van der Waals surface area (Å²) in [6.45, 7) is 0.756. The highest BCUT2D eigenvalue weighted by Crippen LogP contribution is 2.12. The minimum Gasteiger partial charge on any atom is -0.490 e. The number of nitrogens with zero attached hydrogens (tertiary/aromatic N) is 2. The number of anilines is 2. The van der Waals surface area contributed by atoms with E-state index in [1.807, 2.05) is 0 Å². The average Bonchev–Trinajstić information content (AvgIpc) is 2.39. The van der Waals surface area contributed by atoms with E-state index in [-0.39, 0.29) is 6.01 Å². The van der Waals surface area contributed by atoms with Gasteiger partial charge < -0.3 is 20.9 Å². The smallest absolute Gasteiger partial charge is 0.316 e. The lowest BCUT2D eigenvalue weighted by Crippen LogP contribution is -2.10. The number of nitrogen functional groups attached to an aromatic ring is 2. The molecule has 2 rings (SSSR count). The van der Waals surface area contributed by atoms with Crippen molar-refractivity contribution in [3.05, 3.63) is 36.7 Å². The van der Waals surface area contributed by atoms with Gasteiger partial charge in [0.15, 0.2) is 0 Å². The molecule has 1 aromatic carbocycles. The molecule has 0 bridgehead atoms. The summed E-state index contributed by atoms with van der Waals surface area (Å²) in [6.07, 6.45) is 2.98. The summed E-state index contributed by atoms with van der Waals surface area (Å²) in [5.74, 6) is 0.742. The summed E-state index contributed by atoms with van der Waals surface area (Å²) in [4.78, 5) is 7.81. The Morgan fingerprint density at radius 2 is 1.44 bits per heavy atom. The second kappa shape index (κ2) is 5.72. The van der Waals surface area contributed by atoms with Crippen molar-refractivity contribution in [3.8, 4) is 11.8 Å². The second-order valence-electron chi connectivity index (χ2n) is 3.56. The molecule has 0 atom stereocenters. The first-order valence-corrected chi connectivity index (χ1v) is 5.43. The highest BCUT2D eigenvalue weighted by atomic mass is 16.5. The van der Waals surface area contributed by atoms with Crippen molar-refractivity contribution >= 4 is 11.4 Å². The van der Waals surface area contributed by atoms with Crippen LogP contribution in [0.2, 0.25) is 0 Å². The SMILES string of the molecule is Nc1ccc(OCCOc2ncc(N)cn2)cc1. The third-order valence-corrected chi connectivity index (χ3v) is 2.11. The van der Waals surface area contributed by atoms with Gasteiger partial charge in [-0.1, -0.05) is 0 Å². The normalized spacial score (nSPS) is 10.0. The minimum absolute atomic E-state index is 0.283. The summed E-state index contributed by atoms with van der Waals surface area (Å²) in [5, 5.41) is 0. The van der Waals surface area contributed by atoms with Crippen LogP contribution in [0.15, 0.2) is 36.7 Å². The largest absolute Gasteiger partial charge is 0.490 e. The van der Waals surface area contributed by atoms with E-state index in [1.165, 1.54) is 12.4 Å². The van der Waals surface area contributed by atoms with Crippen molar-refractivity contribution in [3.63, 3.8) is 0 Å². The van der Waals surface area contributed by atoms with Crippen LogP contribution in [0, 0.1) is 0 Å². The number of hydrogen-bond acceptors (Lipinski definition) is 6. The Labute approximate surface area is 105 Å². The van der Waals surface area contributed by atoms with Crippen LogP contribution >= 0.6 is 0 Å². The molecule has 0 fully saturated rings. The van der Waals surface area contributed by atoms with Gasteiger partial charge in [0.1, 0.15) is 19.0 Å². The molecule has 0 unspecified atom stereocenters. The van der Waals surface area contributed by atoms with Gasteiger partial charge in [-0.05, 0) is 24.3 Å². The average molecular weight is 246 g/mol. The highest BCUT2D eigenvalue weighted by Gasteiger charge is 1.97. The number of benzene rings is 1. The van der Waals surface area contributed by atoms with E-state index < -0.39 is 0 Å². The fraction of sp³-hybridized carbons (Fsp3) is 0.167. The maximum absolute atomic E-state index is 5.56. The molecule has 0 aliphatic carbocycles. The van der Waals surface area contributed by atoms with E-state index in [0.29, 0.717) is 24.6 Å². The van der Waals surface area contributed by atoms with Crippen molar-refractivity contribution in [1.29, 1.82) is 0 Å². The second-order valence-corrected chi connectivity index (χ2v) is 3.56. The van der Waals surface area contributed by atoms with Gasteiger partial charge in [0.2, 0.25) is 0 Å². The molecule has 4 N–H and O–H groups in total. The standard InChI is InChI=1S/C12H14N4O2/c13-9-1-3-11(4-2-9)17-5-6-18-12-15-7-10(14)8-16-12/h1-4,7-8H,5-6,13-14H2. The van der Waals surface area contributed by atoms with Crippen molar-refractivity contribution in [2.24, 2.45) is 0 Å². The van der Waals surface area contributed by atoms with Crippen LogP contribution in [-0.4, -0.2) is 23.2 Å². The van der Waals surface area contributed by atoms with E-state index in [2.05, 4.69) is 9.97 Å². The Morgan fingerprint density at radius 1 is 0.833 bits per heavy atom. The molecule has 0 saturated carbocycles. The summed E-state index contributed by atoms with van der Waals surface area (Å²) in [6, 6.07) is 7.44. The first-order chi connectivity index (χ1) is 8.74. The quantitative estimate of drug-likeness (QED) is 0.605. The van der Waals surface area contributed by atoms with Gasteiger partial charge in [-0.2, -0.15) is 0 Å². The number of ether oxygens (including phenoxy) is 2. The summed E-state index contributed by atoms with van der Waals surface area (Å²) < 4.78 is 10.7. The fourth-order valence-electron chi connectivity index (χ4n) is 1.26. The predicted octanol–water partition coefficient (Wildman–Crippen LogP) is 1.10. The number of rotatable bonds is 5. The van der Waals surface area contributed by atoms with Crippen LogP contribution in [0.1, 0.15) is 0 Å². The molecule has 1 aromatic heterocycles. The van der Waals surface area contributed by atoms with Gasteiger partial charge in [-0.3, -0.25) is 0 Å². The lowest BCUT2D eigenvalue weighted by atomic mass is 10.3. The maximum atomic E-state index is 5.56. The molecule has 6 nitrogen and oxygen atoms in total. The maximum Gasteiger partial charge on any atom is 0.316 e.